The van der Waals surface area contributed by atoms with E-state index in [1.54, 1.807) is 0 Å². The molecule has 4 heteroatoms. The molecule has 0 aliphatic carbocycles. The maximum absolute atomic E-state index is 7.00. The first-order chi connectivity index (χ1) is 5.18. The topological polar surface area (TPSA) is 47.9 Å². The summed E-state index contributed by atoms with van der Waals surface area (Å²) in [5.41, 5.74) is 0. The van der Waals surface area contributed by atoms with Crippen LogP contribution in [-0.2, 0) is 14.2 Å². The van der Waals surface area contributed by atoms with Gasteiger partial charge in [0.05, 0.1) is 0 Å². The van der Waals surface area contributed by atoms with Gasteiger partial charge in [0.2, 0.25) is 0 Å². The van der Waals surface area contributed by atoms with E-state index >= 15 is 0 Å². The summed E-state index contributed by atoms with van der Waals surface area (Å²) in [5.74, 6) is 0. The summed E-state index contributed by atoms with van der Waals surface area (Å²) in [7, 11) is 1.00. The van der Waals surface area contributed by atoms with Crippen LogP contribution in [0.1, 0.15) is 20.8 Å². The highest BCUT2D eigenvalue weighted by atomic mass is 16.9. The van der Waals surface area contributed by atoms with Gasteiger partial charge in [0.15, 0.2) is 18.9 Å². The second-order valence-corrected chi connectivity index (χ2v) is 2.11. The highest BCUT2D eigenvalue weighted by Crippen LogP contribution is 2.13. The summed E-state index contributed by atoms with van der Waals surface area (Å²) in [5, 5.41) is 7.00. The molecule has 0 aromatic heterocycles. The molecule has 1 N–H and O–H groups in total. The van der Waals surface area contributed by atoms with Gasteiger partial charge in [-0.25, -0.2) is 0 Å². The summed E-state index contributed by atoms with van der Waals surface area (Å²) in [6.07, 6.45) is -0.406. The molecule has 68 valence electrons. The standard InChI is InChI=1S/C6H12O3.CH4O/c1-4-7-5(2)9-6(3)8-4;1-2/h4-6H,1-3H3;2H,1H3. The lowest BCUT2D eigenvalue weighted by atomic mass is 10.6. The fourth-order valence-electron chi connectivity index (χ4n) is 0.906. The van der Waals surface area contributed by atoms with Gasteiger partial charge in [-0.1, -0.05) is 0 Å². The molecular weight excluding hydrogens is 148 g/mol. The number of ether oxygens (including phenoxy) is 3. The lowest BCUT2D eigenvalue weighted by Crippen LogP contribution is -2.35. The first kappa shape index (κ1) is 10.8. The summed E-state index contributed by atoms with van der Waals surface area (Å²) < 4.78 is 15.3. The van der Waals surface area contributed by atoms with Gasteiger partial charge in [-0.15, -0.1) is 0 Å². The molecule has 1 heterocycles. The van der Waals surface area contributed by atoms with Crippen LogP contribution < -0.4 is 0 Å². The summed E-state index contributed by atoms with van der Waals surface area (Å²) in [4.78, 5) is 0. The van der Waals surface area contributed by atoms with Crippen LogP contribution in [0.3, 0.4) is 0 Å². The second kappa shape index (κ2) is 5.49. The average Bonchev–Trinajstić information content (AvgIpc) is 1.88. The van der Waals surface area contributed by atoms with Crippen molar-refractivity contribution in [1.82, 2.24) is 0 Å². The zero-order valence-corrected chi connectivity index (χ0v) is 7.40. The molecule has 0 aromatic carbocycles. The molecule has 0 aromatic rings. The maximum atomic E-state index is 7.00. The van der Waals surface area contributed by atoms with E-state index in [0.717, 1.165) is 7.11 Å². The Morgan fingerprint density at radius 3 is 1.09 bits per heavy atom. The van der Waals surface area contributed by atoms with E-state index in [4.69, 9.17) is 19.3 Å². The van der Waals surface area contributed by atoms with Gasteiger partial charge >= 0.3 is 0 Å². The first-order valence-corrected chi connectivity index (χ1v) is 3.59. The lowest BCUT2D eigenvalue weighted by molar-refractivity contribution is -0.367. The number of aliphatic hydroxyl groups is 1. The van der Waals surface area contributed by atoms with E-state index in [1.807, 2.05) is 20.8 Å². The molecule has 0 spiro atoms. The van der Waals surface area contributed by atoms with Crippen molar-refractivity contribution in [2.45, 2.75) is 39.6 Å². The Balaban J connectivity index is 0.000000461. The highest BCUT2D eigenvalue weighted by molar-refractivity contribution is 4.44. The Bertz CT molecular complexity index is 71.4. The van der Waals surface area contributed by atoms with Gasteiger partial charge in [-0.3, -0.25) is 0 Å². The van der Waals surface area contributed by atoms with E-state index in [-0.39, 0.29) is 18.9 Å². The quantitative estimate of drug-likeness (QED) is 0.572. The average molecular weight is 164 g/mol. The Hall–Kier alpha value is -0.160. The molecule has 0 atom stereocenters. The van der Waals surface area contributed by atoms with Crippen molar-refractivity contribution in [2.24, 2.45) is 0 Å². The third kappa shape index (κ3) is 4.31. The molecule has 0 amide bonds. The van der Waals surface area contributed by atoms with Gasteiger partial charge in [-0.05, 0) is 20.8 Å². The number of aliphatic hydroxyl groups excluding tert-OH is 1. The van der Waals surface area contributed by atoms with Crippen LogP contribution in [0.15, 0.2) is 0 Å². The minimum absolute atomic E-state index is 0.135. The van der Waals surface area contributed by atoms with Gasteiger partial charge < -0.3 is 19.3 Å². The summed E-state index contributed by atoms with van der Waals surface area (Å²) >= 11 is 0. The minimum atomic E-state index is -0.135. The first-order valence-electron chi connectivity index (χ1n) is 3.59. The van der Waals surface area contributed by atoms with Crippen molar-refractivity contribution < 1.29 is 19.3 Å². The fraction of sp³-hybridized carbons (Fsp3) is 1.00. The molecule has 11 heavy (non-hydrogen) atoms. The van der Waals surface area contributed by atoms with Crippen LogP contribution in [0.5, 0.6) is 0 Å². The van der Waals surface area contributed by atoms with E-state index in [1.165, 1.54) is 0 Å². The van der Waals surface area contributed by atoms with Crippen LogP contribution in [0.25, 0.3) is 0 Å². The molecule has 1 saturated heterocycles. The van der Waals surface area contributed by atoms with Crippen molar-refractivity contribution in [3.63, 3.8) is 0 Å². The molecule has 1 aliphatic rings. The predicted molar refractivity (Wildman–Crippen MR) is 39.8 cm³/mol. The normalized spacial score (nSPS) is 37.4. The van der Waals surface area contributed by atoms with Crippen molar-refractivity contribution in [3.8, 4) is 0 Å². The molecule has 4 nitrogen and oxygen atoms in total. The molecular formula is C7H16O4. The SMILES string of the molecule is CC1OC(C)OC(C)O1.CO. The molecule has 1 aliphatic heterocycles. The summed E-state index contributed by atoms with van der Waals surface area (Å²) in [6, 6.07) is 0. The predicted octanol–water partition coefficient (Wildman–Crippen LogP) is 0.696. The Morgan fingerprint density at radius 2 is 0.909 bits per heavy atom. The van der Waals surface area contributed by atoms with Crippen LogP contribution in [0.4, 0.5) is 0 Å². The van der Waals surface area contributed by atoms with Gasteiger partial charge in [-0.2, -0.15) is 0 Å². The molecule has 0 unspecified atom stereocenters. The van der Waals surface area contributed by atoms with Crippen molar-refractivity contribution in [2.75, 3.05) is 7.11 Å². The van der Waals surface area contributed by atoms with Crippen molar-refractivity contribution >= 4 is 0 Å². The Morgan fingerprint density at radius 1 is 0.727 bits per heavy atom. The fourth-order valence-corrected chi connectivity index (χ4v) is 0.906. The monoisotopic (exact) mass is 164 g/mol. The van der Waals surface area contributed by atoms with E-state index < -0.39 is 0 Å². The van der Waals surface area contributed by atoms with Gasteiger partial charge in [0, 0.05) is 7.11 Å². The molecule has 1 fully saturated rings. The van der Waals surface area contributed by atoms with Crippen LogP contribution in [-0.4, -0.2) is 31.1 Å². The molecule has 0 bridgehead atoms. The number of hydrogen-bond acceptors (Lipinski definition) is 4. The van der Waals surface area contributed by atoms with Crippen LogP contribution >= 0.6 is 0 Å². The van der Waals surface area contributed by atoms with E-state index in [9.17, 15) is 0 Å². The molecule has 0 radical (unpaired) electrons. The smallest absolute Gasteiger partial charge is 0.161 e. The highest BCUT2D eigenvalue weighted by Gasteiger charge is 2.20. The zero-order chi connectivity index (χ0) is 8.85. The largest absolute Gasteiger partial charge is 0.400 e. The van der Waals surface area contributed by atoms with Crippen LogP contribution in [0, 0.1) is 0 Å². The third-order valence-corrected chi connectivity index (χ3v) is 1.15. The zero-order valence-electron chi connectivity index (χ0n) is 7.40. The van der Waals surface area contributed by atoms with E-state index in [2.05, 4.69) is 0 Å². The van der Waals surface area contributed by atoms with E-state index in [0.29, 0.717) is 0 Å². The second-order valence-electron chi connectivity index (χ2n) is 2.11. The summed E-state index contributed by atoms with van der Waals surface area (Å²) in [6.45, 7) is 5.57. The number of hydrogen-bond donors (Lipinski definition) is 1. The molecule has 1 rings (SSSR count). The Labute approximate surface area is 67.1 Å². The number of rotatable bonds is 0. The molecule has 0 saturated carbocycles. The van der Waals surface area contributed by atoms with Gasteiger partial charge in [0.1, 0.15) is 0 Å². The lowest BCUT2D eigenvalue weighted by Gasteiger charge is -2.30. The maximum Gasteiger partial charge on any atom is 0.161 e. The van der Waals surface area contributed by atoms with Crippen molar-refractivity contribution in [3.05, 3.63) is 0 Å². The minimum Gasteiger partial charge on any atom is -0.400 e. The Kier molecular flexibility index (Phi) is 5.41. The third-order valence-electron chi connectivity index (χ3n) is 1.15. The van der Waals surface area contributed by atoms with Crippen LogP contribution in [0.2, 0.25) is 0 Å². The van der Waals surface area contributed by atoms with Crippen molar-refractivity contribution in [1.29, 1.82) is 0 Å². The van der Waals surface area contributed by atoms with Gasteiger partial charge in [0.25, 0.3) is 0 Å².